The Balaban J connectivity index is 1.38. The van der Waals surface area contributed by atoms with Gasteiger partial charge in [0.25, 0.3) is 0 Å². The second kappa shape index (κ2) is 18.3. The first-order valence-corrected chi connectivity index (χ1v) is 23.1. The van der Waals surface area contributed by atoms with Crippen LogP contribution in [-0.4, -0.2) is 90.1 Å². The largest absolute Gasteiger partial charge is 0.508 e. The Hall–Kier alpha value is -1.86. The standard InChI is InChI=1S/C36H58O11SSi2/c1-42-49(43-2,44-3)19-17-26-7-9-27(10-8-26)21-30-24-32(13-15-34(30)37)48(40,41)33-14-16-35(38)31(25-33)23-29-12-11-28(22-36(29)39)18-20-50(45-4,46-5)47-6/h13-16,24-29,36-39H,7-12,17-23H2,1-6H3. The summed E-state index contributed by atoms with van der Waals surface area (Å²) in [5.74, 6) is 1.18. The van der Waals surface area contributed by atoms with E-state index in [4.69, 9.17) is 26.6 Å². The molecule has 2 saturated carbocycles. The average Bonchev–Trinajstić information content (AvgIpc) is 3.13. The van der Waals surface area contributed by atoms with E-state index in [1.54, 1.807) is 48.7 Å². The number of aliphatic hydroxyl groups excluding tert-OH is 1. The van der Waals surface area contributed by atoms with Crippen LogP contribution in [0, 0.1) is 23.7 Å². The molecule has 2 fully saturated rings. The van der Waals surface area contributed by atoms with Crippen molar-refractivity contribution in [2.75, 3.05) is 42.7 Å². The Kier molecular flexibility index (Phi) is 14.9. The van der Waals surface area contributed by atoms with Gasteiger partial charge in [0.15, 0.2) is 0 Å². The molecule has 3 unspecified atom stereocenters. The van der Waals surface area contributed by atoms with Crippen molar-refractivity contribution >= 4 is 27.4 Å². The number of aromatic hydroxyl groups is 2. The maximum atomic E-state index is 13.9. The highest BCUT2D eigenvalue weighted by Gasteiger charge is 2.40. The van der Waals surface area contributed by atoms with Crippen molar-refractivity contribution in [2.45, 2.75) is 98.6 Å². The minimum Gasteiger partial charge on any atom is -0.508 e. The summed E-state index contributed by atoms with van der Waals surface area (Å²) < 4.78 is 61.1. The fourth-order valence-corrected chi connectivity index (χ4v) is 13.0. The highest BCUT2D eigenvalue weighted by molar-refractivity contribution is 7.91. The van der Waals surface area contributed by atoms with Gasteiger partial charge in [0.1, 0.15) is 11.5 Å². The zero-order chi connectivity index (χ0) is 36.5. The molecule has 0 aliphatic heterocycles. The molecule has 2 aromatic rings. The topological polar surface area (TPSA) is 150 Å². The van der Waals surface area contributed by atoms with Gasteiger partial charge in [-0.05, 0) is 129 Å². The molecular formula is C36H58O11SSi2. The van der Waals surface area contributed by atoms with Gasteiger partial charge in [-0.1, -0.05) is 12.8 Å². The summed E-state index contributed by atoms with van der Waals surface area (Å²) in [7, 11) is 0.481. The summed E-state index contributed by atoms with van der Waals surface area (Å²) in [6.45, 7) is 0. The molecule has 2 aromatic carbocycles. The normalized spacial score (nSPS) is 23.6. The number of hydrogen-bond acceptors (Lipinski definition) is 11. The van der Waals surface area contributed by atoms with E-state index in [-0.39, 0.29) is 27.2 Å². The van der Waals surface area contributed by atoms with Crippen LogP contribution >= 0.6 is 0 Å². The minimum absolute atomic E-state index is 0.0102. The van der Waals surface area contributed by atoms with Crippen molar-refractivity contribution in [1.29, 1.82) is 0 Å². The first kappa shape index (κ1) is 40.9. The van der Waals surface area contributed by atoms with Gasteiger partial charge in [0, 0.05) is 54.7 Å². The van der Waals surface area contributed by atoms with Gasteiger partial charge >= 0.3 is 17.6 Å². The number of rotatable bonds is 18. The van der Waals surface area contributed by atoms with Crippen LogP contribution in [0.4, 0.5) is 0 Å². The van der Waals surface area contributed by atoms with Crippen LogP contribution in [0.3, 0.4) is 0 Å². The van der Waals surface area contributed by atoms with Crippen molar-refractivity contribution in [3.63, 3.8) is 0 Å². The molecule has 11 nitrogen and oxygen atoms in total. The second-order valence-corrected chi connectivity index (χ2v) is 22.2. The fourth-order valence-electron chi connectivity index (χ4n) is 7.91. The lowest BCUT2D eigenvalue weighted by Crippen LogP contribution is -2.43. The van der Waals surface area contributed by atoms with E-state index in [0.29, 0.717) is 54.2 Å². The molecule has 0 spiro atoms. The first-order chi connectivity index (χ1) is 23.9. The monoisotopic (exact) mass is 754 g/mol. The predicted octanol–water partition coefficient (Wildman–Crippen LogP) is 6.14. The fraction of sp³-hybridized carbons (Fsp3) is 0.667. The van der Waals surface area contributed by atoms with Gasteiger partial charge in [-0.3, -0.25) is 0 Å². The van der Waals surface area contributed by atoms with Gasteiger partial charge in [0.2, 0.25) is 9.84 Å². The van der Waals surface area contributed by atoms with E-state index < -0.39 is 33.6 Å². The van der Waals surface area contributed by atoms with Crippen molar-refractivity contribution in [1.82, 2.24) is 0 Å². The van der Waals surface area contributed by atoms with E-state index in [9.17, 15) is 23.7 Å². The van der Waals surface area contributed by atoms with E-state index in [0.717, 1.165) is 57.4 Å². The summed E-state index contributed by atoms with van der Waals surface area (Å²) >= 11 is 0. The van der Waals surface area contributed by atoms with Crippen molar-refractivity contribution in [3.8, 4) is 11.5 Å². The Morgan fingerprint density at radius 2 is 1.04 bits per heavy atom. The van der Waals surface area contributed by atoms with Crippen LogP contribution < -0.4 is 0 Å². The van der Waals surface area contributed by atoms with Gasteiger partial charge in [0.05, 0.1) is 15.9 Å². The summed E-state index contributed by atoms with van der Waals surface area (Å²) in [6, 6.07) is 10.3. The lowest BCUT2D eigenvalue weighted by Gasteiger charge is -2.34. The molecule has 4 rings (SSSR count). The Labute approximate surface area is 300 Å². The molecule has 0 saturated heterocycles. The molecule has 2 aliphatic rings. The Bertz CT molecular complexity index is 1460. The highest BCUT2D eigenvalue weighted by Crippen LogP contribution is 2.39. The summed E-state index contributed by atoms with van der Waals surface area (Å²) in [6.07, 6.45) is 8.53. The number of sulfone groups is 1. The number of benzene rings is 2. The van der Waals surface area contributed by atoms with Crippen LogP contribution in [-0.2, 0) is 49.2 Å². The molecule has 2 aliphatic carbocycles. The smallest absolute Gasteiger partial charge is 0.500 e. The summed E-state index contributed by atoms with van der Waals surface area (Å²) in [5, 5.41) is 32.5. The zero-order valence-corrected chi connectivity index (χ0v) is 33.4. The molecule has 0 amide bonds. The van der Waals surface area contributed by atoms with Gasteiger partial charge in [-0.25, -0.2) is 8.42 Å². The van der Waals surface area contributed by atoms with E-state index in [1.807, 2.05) is 0 Å². The van der Waals surface area contributed by atoms with Crippen LogP contribution in [0.5, 0.6) is 11.5 Å². The maximum absolute atomic E-state index is 13.9. The highest BCUT2D eigenvalue weighted by atomic mass is 32.2. The maximum Gasteiger partial charge on any atom is 0.500 e. The van der Waals surface area contributed by atoms with Gasteiger partial charge in [-0.2, -0.15) is 0 Å². The summed E-state index contributed by atoms with van der Waals surface area (Å²) in [5.41, 5.74) is 1.12. The van der Waals surface area contributed by atoms with Crippen LogP contribution in [0.1, 0.15) is 68.9 Å². The Morgan fingerprint density at radius 1 is 0.620 bits per heavy atom. The molecular weight excluding hydrogens is 697 g/mol. The third-order valence-corrected chi connectivity index (χ3v) is 18.6. The van der Waals surface area contributed by atoms with Crippen LogP contribution in [0.25, 0.3) is 0 Å². The lowest BCUT2D eigenvalue weighted by atomic mass is 9.76. The Morgan fingerprint density at radius 3 is 1.50 bits per heavy atom. The molecule has 3 N–H and O–H groups in total. The van der Waals surface area contributed by atoms with E-state index in [2.05, 4.69) is 0 Å². The molecule has 14 heteroatoms. The van der Waals surface area contributed by atoms with Crippen LogP contribution in [0.15, 0.2) is 46.2 Å². The molecule has 0 heterocycles. The first-order valence-electron chi connectivity index (χ1n) is 17.7. The number of hydrogen-bond donors (Lipinski definition) is 3. The molecule has 50 heavy (non-hydrogen) atoms. The van der Waals surface area contributed by atoms with Crippen molar-refractivity contribution in [3.05, 3.63) is 47.5 Å². The van der Waals surface area contributed by atoms with E-state index in [1.165, 1.54) is 30.3 Å². The lowest BCUT2D eigenvalue weighted by molar-refractivity contribution is 0.0414. The summed E-state index contributed by atoms with van der Waals surface area (Å²) in [4.78, 5) is 0.187. The number of phenols is 2. The molecule has 282 valence electrons. The zero-order valence-electron chi connectivity index (χ0n) is 30.6. The van der Waals surface area contributed by atoms with Gasteiger partial charge < -0.3 is 41.9 Å². The van der Waals surface area contributed by atoms with Crippen molar-refractivity contribution < 1.29 is 50.3 Å². The quantitative estimate of drug-likeness (QED) is 0.151. The third kappa shape index (κ3) is 9.97. The third-order valence-electron chi connectivity index (χ3n) is 11.3. The SMILES string of the molecule is CO[Si](CCC1CCC(Cc2cc(S(=O)(=O)c3ccc(O)c(CC4CCC(CC[Si](OC)(OC)OC)CC4O)c3)ccc2O)CC1)(OC)OC. The van der Waals surface area contributed by atoms with E-state index >= 15 is 0 Å². The molecule has 0 aromatic heterocycles. The van der Waals surface area contributed by atoms with Crippen LogP contribution in [0.2, 0.25) is 12.1 Å². The molecule has 0 radical (unpaired) electrons. The molecule has 3 atom stereocenters. The van der Waals surface area contributed by atoms with Gasteiger partial charge in [-0.15, -0.1) is 0 Å². The van der Waals surface area contributed by atoms with Crippen molar-refractivity contribution in [2.24, 2.45) is 23.7 Å². The average molecular weight is 755 g/mol. The molecule has 0 bridgehead atoms. The predicted molar refractivity (Wildman–Crippen MR) is 194 cm³/mol. The second-order valence-electron chi connectivity index (χ2n) is 14.1. The minimum atomic E-state index is -3.94. The number of phenolic OH excluding ortho intramolecular Hbond substituents is 2. The number of aliphatic hydroxyl groups is 1.